The molecule has 0 aromatic carbocycles. The van der Waals surface area contributed by atoms with Gasteiger partial charge in [0.15, 0.2) is 0 Å². The average Bonchev–Trinajstić information content (AvgIpc) is 1.97. The second-order valence-corrected chi connectivity index (χ2v) is 5.46. The van der Waals surface area contributed by atoms with Crippen LogP contribution in [0.2, 0.25) is 0 Å². The van der Waals surface area contributed by atoms with Gasteiger partial charge in [0, 0.05) is 7.05 Å². The van der Waals surface area contributed by atoms with E-state index in [2.05, 4.69) is 20.8 Å². The molecule has 102 valence electrons. The van der Waals surface area contributed by atoms with Gasteiger partial charge in [-0.05, 0) is 26.7 Å². The van der Waals surface area contributed by atoms with Gasteiger partial charge in [-0.3, -0.25) is 4.79 Å². The van der Waals surface area contributed by atoms with Crippen molar-refractivity contribution in [3.8, 4) is 0 Å². The largest absolute Gasteiger partial charge is 0.480 e. The van der Waals surface area contributed by atoms with E-state index in [0.717, 1.165) is 10.8 Å². The Bertz CT molecular complexity index is 241. The Morgan fingerprint density at radius 2 is 1.59 bits per heavy atom. The van der Waals surface area contributed by atoms with E-state index in [1.165, 1.54) is 7.05 Å². The zero-order valence-electron chi connectivity index (χ0n) is 11.9. The number of nitrogens with zero attached hydrogens (tertiary/aromatic N) is 1. The smallest absolute Gasteiger partial charge is 0.410 e. The fraction of sp³-hybridized carbons (Fsp3) is 0.833. The Balaban J connectivity index is 0. The normalized spacial score (nSPS) is 10.4. The van der Waals surface area contributed by atoms with Gasteiger partial charge in [-0.2, -0.15) is 0 Å². The first kappa shape index (κ1) is 18.1. The molecular formula is C12H25NO4. The van der Waals surface area contributed by atoms with E-state index in [1.54, 1.807) is 20.8 Å². The van der Waals surface area contributed by atoms with Gasteiger partial charge >= 0.3 is 12.1 Å². The number of aliphatic carboxylic acids is 1. The SMILES string of the molecule is CC(C)C.CN(CC(=O)O)C(=O)OC(C)(C)C. The minimum absolute atomic E-state index is 0.352. The fourth-order valence-corrected chi connectivity index (χ4v) is 0.607. The van der Waals surface area contributed by atoms with Gasteiger partial charge < -0.3 is 14.7 Å². The molecule has 0 unspecified atom stereocenters. The summed E-state index contributed by atoms with van der Waals surface area (Å²) in [7, 11) is 1.38. The summed E-state index contributed by atoms with van der Waals surface area (Å²) < 4.78 is 4.92. The third kappa shape index (κ3) is 17.4. The first-order valence-electron chi connectivity index (χ1n) is 5.61. The first-order valence-corrected chi connectivity index (χ1v) is 5.61. The molecule has 0 aliphatic rings. The average molecular weight is 247 g/mol. The number of hydrogen-bond donors (Lipinski definition) is 1. The number of carboxylic acid groups (broad SMARTS) is 1. The number of ether oxygens (including phenoxy) is 1. The van der Waals surface area contributed by atoms with Crippen LogP contribution in [0.3, 0.4) is 0 Å². The number of carboxylic acids is 1. The maximum absolute atomic E-state index is 11.1. The van der Waals surface area contributed by atoms with Crippen LogP contribution in [0.25, 0.3) is 0 Å². The summed E-state index contributed by atoms with van der Waals surface area (Å²) in [5.41, 5.74) is -0.593. The van der Waals surface area contributed by atoms with Crippen LogP contribution in [-0.2, 0) is 9.53 Å². The minimum Gasteiger partial charge on any atom is -0.480 e. The lowest BCUT2D eigenvalue weighted by atomic mass is 10.2. The molecule has 0 aromatic rings. The van der Waals surface area contributed by atoms with Gasteiger partial charge in [-0.1, -0.05) is 20.8 Å². The second kappa shape index (κ2) is 7.92. The molecular weight excluding hydrogens is 222 g/mol. The van der Waals surface area contributed by atoms with Crippen molar-refractivity contribution in [2.24, 2.45) is 5.92 Å². The van der Waals surface area contributed by atoms with E-state index >= 15 is 0 Å². The molecule has 5 nitrogen and oxygen atoms in total. The van der Waals surface area contributed by atoms with Crippen molar-refractivity contribution in [3.63, 3.8) is 0 Å². The molecule has 0 fully saturated rings. The molecule has 1 amide bonds. The van der Waals surface area contributed by atoms with Gasteiger partial charge in [-0.25, -0.2) is 4.79 Å². The summed E-state index contributed by atoms with van der Waals surface area (Å²) in [6, 6.07) is 0. The van der Waals surface area contributed by atoms with Gasteiger partial charge in [0.25, 0.3) is 0 Å². The minimum atomic E-state index is -1.06. The molecule has 0 aromatic heterocycles. The number of carbonyl (C=O) groups excluding carboxylic acids is 1. The molecule has 0 saturated heterocycles. The van der Waals surface area contributed by atoms with E-state index < -0.39 is 17.7 Å². The highest BCUT2D eigenvalue weighted by molar-refractivity contribution is 5.76. The number of amides is 1. The van der Waals surface area contributed by atoms with E-state index in [9.17, 15) is 9.59 Å². The van der Waals surface area contributed by atoms with Gasteiger partial charge in [0.1, 0.15) is 12.1 Å². The highest BCUT2D eigenvalue weighted by atomic mass is 16.6. The van der Waals surface area contributed by atoms with Crippen LogP contribution in [0, 0.1) is 5.92 Å². The molecule has 0 aliphatic carbocycles. The van der Waals surface area contributed by atoms with Crippen LogP contribution in [0.4, 0.5) is 4.79 Å². The van der Waals surface area contributed by atoms with Crippen LogP contribution in [0.5, 0.6) is 0 Å². The predicted molar refractivity (Wildman–Crippen MR) is 67.0 cm³/mol. The number of carbonyl (C=O) groups is 2. The number of rotatable bonds is 2. The van der Waals surface area contributed by atoms with Crippen molar-refractivity contribution in [2.75, 3.05) is 13.6 Å². The summed E-state index contributed by atoms with van der Waals surface area (Å²) in [6.07, 6.45) is -0.630. The Morgan fingerprint density at radius 1 is 1.24 bits per heavy atom. The Hall–Kier alpha value is -1.26. The molecule has 5 heteroatoms. The monoisotopic (exact) mass is 247 g/mol. The third-order valence-corrected chi connectivity index (χ3v) is 1.08. The molecule has 0 spiro atoms. The van der Waals surface area contributed by atoms with Gasteiger partial charge in [0.2, 0.25) is 0 Å². The van der Waals surface area contributed by atoms with E-state index in [4.69, 9.17) is 9.84 Å². The Labute approximate surface area is 104 Å². The highest BCUT2D eigenvalue weighted by Crippen LogP contribution is 2.08. The first-order chi connectivity index (χ1) is 7.45. The van der Waals surface area contributed by atoms with Crippen molar-refractivity contribution in [1.82, 2.24) is 4.90 Å². The quantitative estimate of drug-likeness (QED) is 0.814. The summed E-state index contributed by atoms with van der Waals surface area (Å²) in [4.78, 5) is 22.4. The zero-order chi connectivity index (χ0) is 14.2. The molecule has 0 saturated carbocycles. The maximum Gasteiger partial charge on any atom is 0.410 e. The highest BCUT2D eigenvalue weighted by Gasteiger charge is 2.20. The molecule has 17 heavy (non-hydrogen) atoms. The molecule has 0 bridgehead atoms. The van der Waals surface area contributed by atoms with Crippen molar-refractivity contribution >= 4 is 12.1 Å². The van der Waals surface area contributed by atoms with Crippen LogP contribution < -0.4 is 0 Å². The standard InChI is InChI=1S/C8H15NO4.C4H10/c1-8(2,3)13-7(12)9(4)5-6(10)11;1-4(2)3/h5H2,1-4H3,(H,10,11);4H,1-3H3. The predicted octanol–water partition coefficient (Wildman–Crippen LogP) is 2.60. The summed E-state index contributed by atoms with van der Waals surface area (Å²) in [5.74, 6) is -0.228. The molecule has 1 N–H and O–H groups in total. The molecule has 0 aliphatic heterocycles. The van der Waals surface area contributed by atoms with E-state index in [1.807, 2.05) is 0 Å². The molecule has 0 rings (SSSR count). The maximum atomic E-state index is 11.1. The van der Waals surface area contributed by atoms with Crippen molar-refractivity contribution in [2.45, 2.75) is 47.1 Å². The lowest BCUT2D eigenvalue weighted by Crippen LogP contribution is -2.37. The summed E-state index contributed by atoms with van der Waals surface area (Å²) in [6.45, 7) is 11.3. The van der Waals surface area contributed by atoms with Crippen molar-refractivity contribution in [3.05, 3.63) is 0 Å². The van der Waals surface area contributed by atoms with Crippen LogP contribution >= 0.6 is 0 Å². The topological polar surface area (TPSA) is 66.8 Å². The number of likely N-dealkylation sites (N-methyl/N-ethyl adjacent to an activating group) is 1. The third-order valence-electron chi connectivity index (χ3n) is 1.08. The van der Waals surface area contributed by atoms with Crippen LogP contribution in [0.1, 0.15) is 41.5 Å². The second-order valence-electron chi connectivity index (χ2n) is 5.46. The van der Waals surface area contributed by atoms with Crippen molar-refractivity contribution in [1.29, 1.82) is 0 Å². The zero-order valence-corrected chi connectivity index (χ0v) is 11.9. The van der Waals surface area contributed by atoms with E-state index in [-0.39, 0.29) is 6.54 Å². The Kier molecular flexibility index (Phi) is 8.44. The van der Waals surface area contributed by atoms with Crippen LogP contribution in [0.15, 0.2) is 0 Å². The fourth-order valence-electron chi connectivity index (χ4n) is 0.607. The lowest BCUT2D eigenvalue weighted by Gasteiger charge is -2.23. The van der Waals surface area contributed by atoms with Crippen LogP contribution in [-0.4, -0.2) is 41.3 Å². The summed E-state index contributed by atoms with van der Waals surface area (Å²) >= 11 is 0. The number of hydrogen-bond acceptors (Lipinski definition) is 3. The lowest BCUT2D eigenvalue weighted by molar-refractivity contribution is -0.137. The van der Waals surface area contributed by atoms with Crippen molar-refractivity contribution < 1.29 is 19.4 Å². The van der Waals surface area contributed by atoms with Gasteiger partial charge in [-0.15, -0.1) is 0 Å². The molecule has 0 radical (unpaired) electrons. The van der Waals surface area contributed by atoms with E-state index in [0.29, 0.717) is 0 Å². The molecule has 0 heterocycles. The summed E-state index contributed by atoms with van der Waals surface area (Å²) in [5, 5.41) is 8.38. The van der Waals surface area contributed by atoms with Gasteiger partial charge in [0.05, 0.1) is 0 Å². The Morgan fingerprint density at radius 3 is 1.82 bits per heavy atom. The molecule has 0 atom stereocenters.